The number of rotatable bonds is 7. The summed E-state index contributed by atoms with van der Waals surface area (Å²) in [6, 6.07) is 80.0. The van der Waals surface area contributed by atoms with Gasteiger partial charge in [0.15, 0.2) is 17.5 Å². The first kappa shape index (κ1) is 34.5. The molecule has 276 valence electrons. The first-order chi connectivity index (χ1) is 29.2. The maximum atomic E-state index is 5.13. The molecule has 0 radical (unpaired) electrons. The van der Waals surface area contributed by atoms with Gasteiger partial charge in [0.2, 0.25) is 0 Å². The van der Waals surface area contributed by atoms with Crippen LogP contribution in [-0.4, -0.2) is 15.0 Å². The first-order valence-electron chi connectivity index (χ1n) is 20.1. The molecule has 0 bridgehead atoms. The molecule has 10 aromatic rings. The Labute approximate surface area is 344 Å². The first-order valence-corrected chi connectivity index (χ1v) is 20.1. The van der Waals surface area contributed by atoms with Crippen molar-refractivity contribution in [3.63, 3.8) is 0 Å². The Hall–Kier alpha value is -7.75. The van der Waals surface area contributed by atoms with Crippen LogP contribution < -0.4 is 0 Å². The van der Waals surface area contributed by atoms with Gasteiger partial charge in [-0.25, -0.2) is 15.0 Å². The van der Waals surface area contributed by atoms with E-state index >= 15 is 0 Å². The zero-order chi connectivity index (χ0) is 39.2. The van der Waals surface area contributed by atoms with Crippen LogP contribution in [0.2, 0.25) is 0 Å². The lowest BCUT2D eigenvalue weighted by Gasteiger charge is -2.34. The van der Waals surface area contributed by atoms with Crippen molar-refractivity contribution in [3.05, 3.63) is 247 Å². The largest absolute Gasteiger partial charge is 0.208 e. The molecule has 0 spiro atoms. The Morgan fingerprint density at radius 3 is 1.27 bits per heavy atom. The molecule has 1 heterocycles. The zero-order valence-electron chi connectivity index (χ0n) is 32.2. The highest BCUT2D eigenvalue weighted by molar-refractivity contribution is 6.04. The Bertz CT molecular complexity index is 3110. The standard InChI is InChI=1S/C56H37N3/c1-4-14-38(15-5-1)39-24-26-40(27-25-39)41-28-30-44(31-29-41)54-57-53(43-17-6-2-7-18-43)58-55(59-54)45-32-35-47(36-33-45)56(46-19-8-3-9-20-46)50-23-13-12-22-49(50)52-48-21-11-10-16-42(48)34-37-51(52)56/h1-37H. The molecule has 1 atom stereocenters. The lowest BCUT2D eigenvalue weighted by molar-refractivity contribution is 0.769. The van der Waals surface area contributed by atoms with Gasteiger partial charge in [0, 0.05) is 16.7 Å². The minimum absolute atomic E-state index is 0.515. The van der Waals surface area contributed by atoms with Gasteiger partial charge in [-0.05, 0) is 66.4 Å². The van der Waals surface area contributed by atoms with Gasteiger partial charge < -0.3 is 0 Å². The van der Waals surface area contributed by atoms with Gasteiger partial charge in [-0.1, -0.05) is 224 Å². The van der Waals surface area contributed by atoms with Gasteiger partial charge in [-0.2, -0.15) is 0 Å². The molecule has 3 nitrogen and oxygen atoms in total. The number of fused-ring (bicyclic) bond motifs is 5. The second-order valence-corrected chi connectivity index (χ2v) is 15.1. The topological polar surface area (TPSA) is 38.7 Å². The van der Waals surface area contributed by atoms with Gasteiger partial charge in [0.25, 0.3) is 0 Å². The fraction of sp³-hybridized carbons (Fsp3) is 0.0179. The average molecular weight is 752 g/mol. The van der Waals surface area contributed by atoms with Crippen molar-refractivity contribution in [2.75, 3.05) is 0 Å². The van der Waals surface area contributed by atoms with Crippen molar-refractivity contribution in [2.45, 2.75) is 5.41 Å². The van der Waals surface area contributed by atoms with Crippen molar-refractivity contribution in [1.82, 2.24) is 15.0 Å². The molecule has 0 amide bonds. The smallest absolute Gasteiger partial charge is 0.164 e. The monoisotopic (exact) mass is 751 g/mol. The quantitative estimate of drug-likeness (QED) is 0.163. The summed E-state index contributed by atoms with van der Waals surface area (Å²) in [4.78, 5) is 15.2. The second-order valence-electron chi connectivity index (χ2n) is 15.1. The van der Waals surface area contributed by atoms with Crippen LogP contribution in [0.15, 0.2) is 224 Å². The lowest BCUT2D eigenvalue weighted by atomic mass is 9.67. The summed E-state index contributed by atoms with van der Waals surface area (Å²) < 4.78 is 0. The number of hydrogen-bond donors (Lipinski definition) is 0. The van der Waals surface area contributed by atoms with E-state index in [0.717, 1.165) is 27.8 Å². The number of benzene rings is 9. The SMILES string of the molecule is c1ccc(-c2ccc(-c3ccc(-c4nc(-c5ccccc5)nc(-c5ccc(C6(c7ccccc7)c7ccccc7-c7c6ccc6ccccc76)cc5)n4)cc3)cc2)cc1. The number of hydrogen-bond acceptors (Lipinski definition) is 3. The molecule has 0 fully saturated rings. The predicted molar refractivity (Wildman–Crippen MR) is 242 cm³/mol. The summed E-state index contributed by atoms with van der Waals surface area (Å²) in [6.45, 7) is 0. The van der Waals surface area contributed by atoms with Crippen LogP contribution in [0.1, 0.15) is 22.3 Å². The van der Waals surface area contributed by atoms with Crippen molar-refractivity contribution < 1.29 is 0 Å². The number of aromatic nitrogens is 3. The van der Waals surface area contributed by atoms with Crippen LogP contribution in [0.4, 0.5) is 0 Å². The van der Waals surface area contributed by atoms with E-state index in [0.29, 0.717) is 17.5 Å². The van der Waals surface area contributed by atoms with Crippen LogP contribution in [0, 0.1) is 0 Å². The summed E-state index contributed by atoms with van der Waals surface area (Å²) >= 11 is 0. The summed E-state index contributed by atoms with van der Waals surface area (Å²) in [5.41, 5.74) is 14.6. The summed E-state index contributed by atoms with van der Waals surface area (Å²) in [6.07, 6.45) is 0. The fourth-order valence-electron chi connectivity index (χ4n) is 9.04. The molecule has 1 aliphatic rings. The lowest BCUT2D eigenvalue weighted by Crippen LogP contribution is -2.28. The average Bonchev–Trinajstić information content (AvgIpc) is 3.64. The maximum absolute atomic E-state index is 5.13. The van der Waals surface area contributed by atoms with Gasteiger partial charge in [0.05, 0.1) is 5.41 Å². The molecule has 3 heteroatoms. The Kier molecular flexibility index (Phi) is 8.37. The normalized spacial score (nSPS) is 14.2. The van der Waals surface area contributed by atoms with Gasteiger partial charge >= 0.3 is 0 Å². The minimum Gasteiger partial charge on any atom is -0.208 e. The molecule has 1 aromatic heterocycles. The van der Waals surface area contributed by atoms with Crippen LogP contribution >= 0.6 is 0 Å². The highest BCUT2D eigenvalue weighted by atomic mass is 15.0. The Morgan fingerprint density at radius 2 is 0.678 bits per heavy atom. The Morgan fingerprint density at radius 1 is 0.271 bits per heavy atom. The minimum atomic E-state index is -0.515. The van der Waals surface area contributed by atoms with Crippen molar-refractivity contribution in [1.29, 1.82) is 0 Å². The molecule has 59 heavy (non-hydrogen) atoms. The molecule has 0 N–H and O–H groups in total. The highest BCUT2D eigenvalue weighted by Gasteiger charge is 2.46. The molecule has 0 saturated heterocycles. The van der Waals surface area contributed by atoms with Gasteiger partial charge in [-0.15, -0.1) is 0 Å². The molecule has 11 rings (SSSR count). The maximum Gasteiger partial charge on any atom is 0.164 e. The highest BCUT2D eigenvalue weighted by Crippen LogP contribution is 2.57. The third-order valence-electron chi connectivity index (χ3n) is 11.9. The van der Waals surface area contributed by atoms with Crippen LogP contribution in [0.5, 0.6) is 0 Å². The van der Waals surface area contributed by atoms with E-state index in [4.69, 9.17) is 15.0 Å². The van der Waals surface area contributed by atoms with Crippen molar-refractivity contribution in [3.8, 4) is 67.5 Å². The summed E-state index contributed by atoms with van der Waals surface area (Å²) in [7, 11) is 0. The van der Waals surface area contributed by atoms with Crippen LogP contribution in [0.25, 0.3) is 78.3 Å². The molecule has 1 aliphatic carbocycles. The predicted octanol–water partition coefficient (Wildman–Crippen LogP) is 13.7. The zero-order valence-corrected chi connectivity index (χ0v) is 32.2. The van der Waals surface area contributed by atoms with E-state index in [2.05, 4.69) is 200 Å². The van der Waals surface area contributed by atoms with E-state index in [1.165, 1.54) is 55.3 Å². The third kappa shape index (κ3) is 5.86. The second kappa shape index (κ2) is 14.3. The molecule has 9 aromatic carbocycles. The van der Waals surface area contributed by atoms with E-state index in [1.54, 1.807) is 0 Å². The molecular formula is C56H37N3. The van der Waals surface area contributed by atoms with E-state index in [-0.39, 0.29) is 0 Å². The fourth-order valence-corrected chi connectivity index (χ4v) is 9.04. The van der Waals surface area contributed by atoms with Gasteiger partial charge in [0.1, 0.15) is 0 Å². The summed E-state index contributed by atoms with van der Waals surface area (Å²) in [5, 5.41) is 2.51. The van der Waals surface area contributed by atoms with Crippen molar-refractivity contribution in [2.24, 2.45) is 0 Å². The molecule has 1 unspecified atom stereocenters. The van der Waals surface area contributed by atoms with E-state index < -0.39 is 5.41 Å². The van der Waals surface area contributed by atoms with E-state index in [9.17, 15) is 0 Å². The molecule has 0 aliphatic heterocycles. The third-order valence-corrected chi connectivity index (χ3v) is 11.9. The van der Waals surface area contributed by atoms with Crippen LogP contribution in [-0.2, 0) is 5.41 Å². The number of nitrogens with zero attached hydrogens (tertiary/aromatic N) is 3. The molecule has 0 saturated carbocycles. The van der Waals surface area contributed by atoms with E-state index in [1.807, 2.05) is 24.3 Å². The summed E-state index contributed by atoms with van der Waals surface area (Å²) in [5.74, 6) is 1.91. The van der Waals surface area contributed by atoms with Gasteiger partial charge in [-0.3, -0.25) is 0 Å². The Balaban J connectivity index is 1.01. The van der Waals surface area contributed by atoms with Crippen LogP contribution in [0.3, 0.4) is 0 Å². The van der Waals surface area contributed by atoms with Crippen molar-refractivity contribution >= 4 is 10.8 Å². The molecular weight excluding hydrogens is 715 g/mol.